The average molecular weight is 229 g/mol. The molecular weight excluding hydrogens is 221 g/mol. The molecule has 1 atom stereocenters. The van der Waals surface area contributed by atoms with Crippen LogP contribution in [0.5, 0.6) is 0 Å². The number of hydrogen-bond acceptors (Lipinski definition) is 2. The van der Waals surface area contributed by atoms with E-state index in [1.807, 2.05) is 0 Å². The first-order valence-corrected chi connectivity index (χ1v) is 3.65. The van der Waals surface area contributed by atoms with E-state index in [1.165, 1.54) is 18.3 Å². The third-order valence-corrected chi connectivity index (χ3v) is 1.73. The van der Waals surface area contributed by atoms with E-state index in [0.717, 1.165) is 0 Å². The average Bonchev–Trinajstić information content (AvgIpc) is 2.04. The van der Waals surface area contributed by atoms with Gasteiger partial charge in [0.25, 0.3) is 6.43 Å². The molecule has 0 amide bonds. The van der Waals surface area contributed by atoms with Crippen molar-refractivity contribution >= 4 is 24.0 Å². The van der Waals surface area contributed by atoms with E-state index in [1.54, 1.807) is 0 Å². The second kappa shape index (κ2) is 5.32. The van der Waals surface area contributed by atoms with E-state index in [4.69, 9.17) is 17.3 Å². The van der Waals surface area contributed by atoms with E-state index < -0.39 is 12.5 Å². The molecule has 1 aromatic heterocycles. The van der Waals surface area contributed by atoms with E-state index in [-0.39, 0.29) is 23.1 Å². The molecule has 0 fully saturated rings. The Kier molecular flexibility index (Phi) is 5.13. The van der Waals surface area contributed by atoms with Gasteiger partial charge in [0.2, 0.25) is 0 Å². The number of rotatable bonds is 2. The number of nitrogens with zero attached hydrogens (tertiary/aromatic N) is 1. The summed E-state index contributed by atoms with van der Waals surface area (Å²) in [5, 5.41) is 0.0327. The Labute approximate surface area is 85.5 Å². The minimum Gasteiger partial charge on any atom is -0.319 e. The van der Waals surface area contributed by atoms with Gasteiger partial charge in [-0.15, -0.1) is 12.4 Å². The molecule has 1 aromatic rings. The van der Waals surface area contributed by atoms with Crippen LogP contribution in [0.3, 0.4) is 0 Å². The number of aromatic nitrogens is 1. The van der Waals surface area contributed by atoms with E-state index in [0.29, 0.717) is 0 Å². The van der Waals surface area contributed by atoms with Crippen LogP contribution in [0.15, 0.2) is 18.3 Å². The molecule has 2 N–H and O–H groups in total. The van der Waals surface area contributed by atoms with Crippen molar-refractivity contribution in [3.63, 3.8) is 0 Å². The summed E-state index contributed by atoms with van der Waals surface area (Å²) in [5.74, 6) is 0. The molecule has 0 aromatic carbocycles. The lowest BCUT2D eigenvalue weighted by atomic mass is 10.1. The van der Waals surface area contributed by atoms with Crippen LogP contribution in [0.2, 0.25) is 5.15 Å². The molecular formula is C7H8Cl2F2N2. The van der Waals surface area contributed by atoms with Crippen molar-refractivity contribution in [3.05, 3.63) is 29.0 Å². The topological polar surface area (TPSA) is 38.9 Å². The lowest BCUT2D eigenvalue weighted by Crippen LogP contribution is -2.19. The van der Waals surface area contributed by atoms with Crippen LogP contribution < -0.4 is 5.73 Å². The van der Waals surface area contributed by atoms with Crippen LogP contribution in [0.25, 0.3) is 0 Å². The summed E-state index contributed by atoms with van der Waals surface area (Å²) in [4.78, 5) is 3.63. The third-order valence-electron chi connectivity index (χ3n) is 1.42. The minimum absolute atomic E-state index is 0. The van der Waals surface area contributed by atoms with E-state index in [9.17, 15) is 8.78 Å². The first kappa shape index (κ1) is 12.6. The summed E-state index contributed by atoms with van der Waals surface area (Å²) in [5.41, 5.74) is 5.34. The van der Waals surface area contributed by atoms with E-state index in [2.05, 4.69) is 4.98 Å². The quantitative estimate of drug-likeness (QED) is 0.791. The van der Waals surface area contributed by atoms with Gasteiger partial charge in [-0.1, -0.05) is 17.7 Å². The SMILES string of the molecule is Cl.N[C@H](c1cccnc1Cl)C(F)F. The van der Waals surface area contributed by atoms with Gasteiger partial charge in [-0.05, 0) is 6.07 Å². The monoisotopic (exact) mass is 228 g/mol. The highest BCUT2D eigenvalue weighted by molar-refractivity contribution is 6.30. The Morgan fingerprint density at radius 2 is 2.08 bits per heavy atom. The smallest absolute Gasteiger partial charge is 0.257 e. The summed E-state index contributed by atoms with van der Waals surface area (Å²) in [6.45, 7) is 0. The van der Waals surface area contributed by atoms with Gasteiger partial charge >= 0.3 is 0 Å². The maximum atomic E-state index is 12.1. The second-order valence-electron chi connectivity index (χ2n) is 2.24. The minimum atomic E-state index is -2.62. The lowest BCUT2D eigenvalue weighted by Gasteiger charge is -2.10. The van der Waals surface area contributed by atoms with Gasteiger partial charge in [0.05, 0.1) is 6.04 Å². The van der Waals surface area contributed by atoms with Crippen molar-refractivity contribution in [2.45, 2.75) is 12.5 Å². The first-order valence-electron chi connectivity index (χ1n) is 3.27. The molecule has 13 heavy (non-hydrogen) atoms. The maximum Gasteiger partial charge on any atom is 0.257 e. The fraction of sp³-hybridized carbons (Fsp3) is 0.286. The number of pyridine rings is 1. The molecule has 1 heterocycles. The molecule has 0 unspecified atom stereocenters. The van der Waals surface area contributed by atoms with Gasteiger partial charge < -0.3 is 5.73 Å². The zero-order valence-electron chi connectivity index (χ0n) is 6.45. The van der Waals surface area contributed by atoms with Gasteiger partial charge in [0.15, 0.2) is 0 Å². The lowest BCUT2D eigenvalue weighted by molar-refractivity contribution is 0.116. The number of hydrogen-bond donors (Lipinski definition) is 1. The van der Waals surface area contributed by atoms with Gasteiger partial charge in [0, 0.05) is 11.8 Å². The molecule has 74 valence electrons. The van der Waals surface area contributed by atoms with Crippen LogP contribution in [0.4, 0.5) is 8.78 Å². The van der Waals surface area contributed by atoms with Crippen molar-refractivity contribution in [1.82, 2.24) is 4.98 Å². The molecule has 0 aliphatic carbocycles. The molecule has 0 spiro atoms. The van der Waals surface area contributed by atoms with Crippen molar-refractivity contribution in [2.75, 3.05) is 0 Å². The summed E-state index contributed by atoms with van der Waals surface area (Å²) in [6, 6.07) is 1.60. The molecule has 0 radical (unpaired) electrons. The number of halogens is 4. The van der Waals surface area contributed by atoms with Gasteiger partial charge in [-0.25, -0.2) is 13.8 Å². The molecule has 0 bridgehead atoms. The van der Waals surface area contributed by atoms with Crippen LogP contribution in [0, 0.1) is 0 Å². The number of nitrogens with two attached hydrogens (primary N) is 1. The summed E-state index contributed by atoms with van der Waals surface area (Å²) < 4.78 is 24.2. The van der Waals surface area contributed by atoms with Crippen molar-refractivity contribution < 1.29 is 8.78 Å². The zero-order valence-corrected chi connectivity index (χ0v) is 8.03. The summed E-state index contributed by atoms with van der Waals surface area (Å²) in [7, 11) is 0. The van der Waals surface area contributed by atoms with Gasteiger partial charge in [0.1, 0.15) is 5.15 Å². The summed E-state index contributed by atoms with van der Waals surface area (Å²) in [6.07, 6.45) is -1.20. The molecule has 0 aliphatic rings. The Morgan fingerprint density at radius 3 is 2.54 bits per heavy atom. The molecule has 1 rings (SSSR count). The van der Waals surface area contributed by atoms with Gasteiger partial charge in [-0.2, -0.15) is 0 Å². The second-order valence-corrected chi connectivity index (χ2v) is 2.60. The highest BCUT2D eigenvalue weighted by atomic mass is 35.5. The third kappa shape index (κ3) is 3.06. The highest BCUT2D eigenvalue weighted by Gasteiger charge is 2.19. The Morgan fingerprint density at radius 1 is 1.46 bits per heavy atom. The maximum absolute atomic E-state index is 12.1. The number of alkyl halides is 2. The zero-order chi connectivity index (χ0) is 9.14. The molecule has 0 saturated carbocycles. The van der Waals surface area contributed by atoms with Crippen molar-refractivity contribution in [3.8, 4) is 0 Å². The van der Waals surface area contributed by atoms with Crippen LogP contribution in [-0.4, -0.2) is 11.4 Å². The highest BCUT2D eigenvalue weighted by Crippen LogP contribution is 2.22. The fourth-order valence-corrected chi connectivity index (χ4v) is 1.03. The van der Waals surface area contributed by atoms with Gasteiger partial charge in [-0.3, -0.25) is 0 Å². The van der Waals surface area contributed by atoms with Crippen LogP contribution >= 0.6 is 24.0 Å². The molecule has 6 heteroatoms. The first-order chi connectivity index (χ1) is 5.63. The standard InChI is InChI=1S/C7H7ClF2N2.ClH/c8-6-4(2-1-3-12-6)5(11)7(9)10;/h1-3,5,7H,11H2;1H/t5-;/m1./s1. The Hall–Kier alpha value is -0.450. The predicted octanol–water partition coefficient (Wildman–Crippen LogP) is 2.42. The summed E-state index contributed by atoms with van der Waals surface area (Å²) >= 11 is 5.54. The Bertz CT molecular complexity index is 270. The largest absolute Gasteiger partial charge is 0.319 e. The normalized spacial score (nSPS) is 12.4. The fourth-order valence-electron chi connectivity index (χ4n) is 0.783. The Balaban J connectivity index is 0.00000144. The molecule has 2 nitrogen and oxygen atoms in total. The van der Waals surface area contributed by atoms with E-state index >= 15 is 0 Å². The molecule has 0 saturated heterocycles. The predicted molar refractivity (Wildman–Crippen MR) is 49.4 cm³/mol. The molecule has 0 aliphatic heterocycles. The van der Waals surface area contributed by atoms with Crippen LogP contribution in [0.1, 0.15) is 11.6 Å². The van der Waals surface area contributed by atoms with Crippen molar-refractivity contribution in [2.24, 2.45) is 5.73 Å². The van der Waals surface area contributed by atoms with Crippen molar-refractivity contribution in [1.29, 1.82) is 0 Å². The van der Waals surface area contributed by atoms with Crippen LogP contribution in [-0.2, 0) is 0 Å².